The number of ketones is 1. The Morgan fingerprint density at radius 2 is 1.76 bits per heavy atom. The van der Waals surface area contributed by atoms with Crippen LogP contribution < -0.4 is 10.9 Å². The predicted octanol–water partition coefficient (Wildman–Crippen LogP) is 6.42. The highest BCUT2D eigenvalue weighted by Gasteiger charge is 2.45. The summed E-state index contributed by atoms with van der Waals surface area (Å²) < 4.78 is 55.3. The van der Waals surface area contributed by atoms with Gasteiger partial charge in [-0.15, -0.1) is 0 Å². The van der Waals surface area contributed by atoms with Gasteiger partial charge in [-0.3, -0.25) is 9.59 Å². The van der Waals surface area contributed by atoms with Crippen LogP contribution in [-0.4, -0.2) is 15.8 Å². The molecule has 2 N–H and O–H groups in total. The number of rotatable bonds is 4. The molecule has 0 fully saturated rings. The van der Waals surface area contributed by atoms with Crippen molar-refractivity contribution in [1.29, 1.82) is 0 Å². The number of hydrogen-bond donors (Lipinski definition) is 2. The Morgan fingerprint density at radius 3 is 2.46 bits per heavy atom. The molecule has 1 atom stereocenters. The minimum absolute atomic E-state index is 0.0189. The molecular formula is C27H23F4N3O2S. The third kappa shape index (κ3) is 4.94. The molecule has 1 aliphatic carbocycles. The van der Waals surface area contributed by atoms with Gasteiger partial charge in [0.1, 0.15) is 11.6 Å². The number of hydrogen-bond acceptors (Lipinski definition) is 5. The maximum Gasteiger partial charge on any atom is 0.416 e. The van der Waals surface area contributed by atoms with Crippen molar-refractivity contribution in [3.8, 4) is 0 Å². The molecule has 0 spiro atoms. The highest BCUT2D eigenvalue weighted by molar-refractivity contribution is 7.98. The first-order chi connectivity index (χ1) is 17.4. The van der Waals surface area contributed by atoms with Crippen molar-refractivity contribution >= 4 is 23.4 Å². The monoisotopic (exact) mass is 529 g/mol. The molecule has 37 heavy (non-hydrogen) atoms. The number of aromatic nitrogens is 2. The third-order valence-electron chi connectivity index (χ3n) is 6.57. The largest absolute Gasteiger partial charge is 0.416 e. The molecule has 0 radical (unpaired) electrons. The second-order valence-electron chi connectivity index (χ2n) is 10.0. The molecule has 0 saturated heterocycles. The van der Waals surface area contributed by atoms with Crippen molar-refractivity contribution in [3.63, 3.8) is 0 Å². The molecule has 192 valence electrons. The summed E-state index contributed by atoms with van der Waals surface area (Å²) in [6.45, 7) is 3.83. The van der Waals surface area contributed by atoms with Gasteiger partial charge < -0.3 is 10.3 Å². The van der Waals surface area contributed by atoms with Crippen LogP contribution >= 0.6 is 11.8 Å². The average Bonchev–Trinajstić information content (AvgIpc) is 2.81. The van der Waals surface area contributed by atoms with Crippen LogP contribution in [0.1, 0.15) is 54.9 Å². The molecule has 2 aliphatic rings. The van der Waals surface area contributed by atoms with Gasteiger partial charge in [0, 0.05) is 29.4 Å². The Labute approximate surface area is 214 Å². The molecule has 0 amide bonds. The van der Waals surface area contributed by atoms with E-state index in [0.717, 1.165) is 11.6 Å². The lowest BCUT2D eigenvalue weighted by Crippen LogP contribution is -2.37. The van der Waals surface area contributed by atoms with E-state index in [9.17, 15) is 27.2 Å². The first-order valence-electron chi connectivity index (χ1n) is 11.6. The maximum atomic E-state index is 14.0. The van der Waals surface area contributed by atoms with E-state index in [-0.39, 0.29) is 45.7 Å². The summed E-state index contributed by atoms with van der Waals surface area (Å²) >= 11 is 1.21. The highest BCUT2D eigenvalue weighted by Crippen LogP contribution is 2.49. The van der Waals surface area contributed by atoms with Crippen LogP contribution in [0.3, 0.4) is 0 Å². The first-order valence-corrected chi connectivity index (χ1v) is 12.6. The molecule has 1 aromatic heterocycles. The smallest absolute Gasteiger partial charge is 0.343 e. The summed E-state index contributed by atoms with van der Waals surface area (Å²) in [7, 11) is 0. The number of nitrogens with zero attached hydrogens (tertiary/aromatic N) is 1. The lowest BCUT2D eigenvalue weighted by Gasteiger charge is -2.39. The number of carbonyl (C=O) groups excluding carboxylic acids is 1. The van der Waals surface area contributed by atoms with E-state index >= 15 is 0 Å². The van der Waals surface area contributed by atoms with Crippen molar-refractivity contribution in [2.75, 3.05) is 5.32 Å². The van der Waals surface area contributed by atoms with Gasteiger partial charge in [0.25, 0.3) is 5.56 Å². The number of carbonyl (C=O) groups is 1. The normalized spacial score (nSPS) is 18.8. The number of benzene rings is 2. The Kier molecular flexibility index (Phi) is 6.26. The van der Waals surface area contributed by atoms with Crippen molar-refractivity contribution in [3.05, 3.63) is 98.2 Å². The van der Waals surface area contributed by atoms with E-state index < -0.39 is 28.6 Å². The van der Waals surface area contributed by atoms with Gasteiger partial charge in [-0.05, 0) is 41.2 Å². The van der Waals surface area contributed by atoms with Gasteiger partial charge in [-0.1, -0.05) is 55.9 Å². The van der Waals surface area contributed by atoms with Crippen molar-refractivity contribution in [2.24, 2.45) is 5.41 Å². The molecule has 3 aromatic rings. The summed E-state index contributed by atoms with van der Waals surface area (Å²) in [5.41, 5.74) is -0.619. The number of halogens is 4. The number of thioether (sulfide) groups is 1. The van der Waals surface area contributed by atoms with Gasteiger partial charge in [-0.2, -0.15) is 13.2 Å². The summed E-state index contributed by atoms with van der Waals surface area (Å²) in [6.07, 6.45) is -4.10. The van der Waals surface area contributed by atoms with E-state index in [1.807, 2.05) is 13.8 Å². The number of aromatic amines is 1. The zero-order chi connectivity index (χ0) is 26.5. The third-order valence-corrected chi connectivity index (χ3v) is 7.51. The Balaban J connectivity index is 1.63. The minimum Gasteiger partial charge on any atom is -0.343 e. The lowest BCUT2D eigenvalue weighted by molar-refractivity contribution is -0.138. The molecule has 5 nitrogen and oxygen atoms in total. The fourth-order valence-electron chi connectivity index (χ4n) is 5.01. The average molecular weight is 530 g/mol. The van der Waals surface area contributed by atoms with Crippen LogP contribution in [0, 0.1) is 11.2 Å². The summed E-state index contributed by atoms with van der Waals surface area (Å²) in [6, 6.07) is 10.9. The maximum absolute atomic E-state index is 14.0. The summed E-state index contributed by atoms with van der Waals surface area (Å²) in [4.78, 5) is 33.9. The van der Waals surface area contributed by atoms with Gasteiger partial charge in [-0.25, -0.2) is 9.37 Å². The fourth-order valence-corrected chi connectivity index (χ4v) is 5.83. The molecule has 0 saturated carbocycles. The second kappa shape index (κ2) is 9.16. The van der Waals surface area contributed by atoms with E-state index in [1.165, 1.54) is 42.1 Å². The van der Waals surface area contributed by atoms with Crippen molar-refractivity contribution in [2.45, 2.75) is 49.7 Å². The lowest BCUT2D eigenvalue weighted by atomic mass is 9.69. The number of fused-ring (bicyclic) bond motifs is 1. The second-order valence-corrected chi connectivity index (χ2v) is 11.0. The number of Topliss-reactive ketones (excluding diaryl/α,β-unsaturated/α-hetero) is 1. The van der Waals surface area contributed by atoms with Crippen LogP contribution in [0.15, 0.2) is 69.8 Å². The standard InChI is InChI=1S/C27H23F4N3O2S/c1-26(2)11-18-21(19(35)12-26)20(16-5-3-4-6-17(16)27(29,30)31)22-23(32-18)33-25(34-24(22)36)37-13-14-7-9-15(28)10-8-14/h3-10,20H,11-13H2,1-2H3,(H2,32,33,34,36). The molecule has 1 unspecified atom stereocenters. The van der Waals surface area contributed by atoms with Gasteiger partial charge >= 0.3 is 6.18 Å². The topological polar surface area (TPSA) is 74.8 Å². The molecule has 10 heteroatoms. The van der Waals surface area contributed by atoms with Crippen LogP contribution in [0.25, 0.3) is 0 Å². The SMILES string of the molecule is CC1(C)CC(=O)C2=C(C1)Nc1nc(SCc3ccc(F)cc3)[nH]c(=O)c1C2c1ccccc1C(F)(F)F. The molecule has 1 aliphatic heterocycles. The van der Waals surface area contributed by atoms with E-state index in [4.69, 9.17) is 0 Å². The van der Waals surface area contributed by atoms with Crippen molar-refractivity contribution < 1.29 is 22.4 Å². The van der Waals surface area contributed by atoms with Gasteiger partial charge in [0.15, 0.2) is 10.9 Å². The Hall–Kier alpha value is -3.40. The van der Waals surface area contributed by atoms with Crippen LogP contribution in [-0.2, 0) is 16.7 Å². The van der Waals surface area contributed by atoms with E-state index in [1.54, 1.807) is 12.1 Å². The first kappa shape index (κ1) is 25.3. The Bertz CT molecular complexity index is 1480. The molecule has 2 aromatic carbocycles. The number of nitrogens with one attached hydrogen (secondary N) is 2. The fraction of sp³-hybridized carbons (Fsp3) is 0.296. The van der Waals surface area contributed by atoms with Crippen LogP contribution in [0.2, 0.25) is 0 Å². The van der Waals surface area contributed by atoms with Crippen LogP contribution in [0.4, 0.5) is 23.4 Å². The summed E-state index contributed by atoms with van der Waals surface area (Å²) in [5.74, 6) is -1.34. The summed E-state index contributed by atoms with van der Waals surface area (Å²) in [5, 5.41) is 3.37. The molecule has 2 heterocycles. The van der Waals surface area contributed by atoms with Crippen LogP contribution in [0.5, 0.6) is 0 Å². The number of H-pyrrole nitrogens is 1. The highest BCUT2D eigenvalue weighted by atomic mass is 32.2. The van der Waals surface area contributed by atoms with Gasteiger partial charge in [0.05, 0.1) is 11.1 Å². The minimum atomic E-state index is -4.68. The van der Waals surface area contributed by atoms with E-state index in [2.05, 4.69) is 15.3 Å². The number of alkyl halides is 3. The number of allylic oxidation sites excluding steroid dienone is 2. The zero-order valence-electron chi connectivity index (χ0n) is 20.0. The number of anilines is 1. The van der Waals surface area contributed by atoms with E-state index in [0.29, 0.717) is 17.9 Å². The molecule has 5 rings (SSSR count). The van der Waals surface area contributed by atoms with Crippen molar-refractivity contribution in [1.82, 2.24) is 9.97 Å². The molecule has 0 bridgehead atoms. The van der Waals surface area contributed by atoms with Gasteiger partial charge in [0.2, 0.25) is 0 Å². The predicted molar refractivity (Wildman–Crippen MR) is 133 cm³/mol. The zero-order valence-corrected chi connectivity index (χ0v) is 20.8. The molecular weight excluding hydrogens is 506 g/mol. The Morgan fingerprint density at radius 1 is 1.05 bits per heavy atom. The quantitative estimate of drug-likeness (QED) is 0.232.